The van der Waals surface area contributed by atoms with Crippen molar-refractivity contribution in [2.45, 2.75) is 13.0 Å². The lowest BCUT2D eigenvalue weighted by Crippen LogP contribution is -2.07. The fraction of sp³-hybridized carbons (Fsp3) is 0.0800. The maximum Gasteiger partial charge on any atom is 0.303 e. The van der Waals surface area contributed by atoms with Crippen LogP contribution in [0.25, 0.3) is 5.57 Å². The quantitative estimate of drug-likeness (QED) is 0.345. The summed E-state index contributed by atoms with van der Waals surface area (Å²) in [5, 5.41) is 1.28. The van der Waals surface area contributed by atoms with Gasteiger partial charge in [0.05, 0.1) is 0 Å². The summed E-state index contributed by atoms with van der Waals surface area (Å²) in [6.07, 6.45) is 1.27. The Bertz CT molecular complexity index is 1060. The number of hydrogen-bond acceptors (Lipinski definition) is 2. The van der Waals surface area contributed by atoms with Gasteiger partial charge in [0, 0.05) is 28.1 Å². The van der Waals surface area contributed by atoms with Crippen molar-refractivity contribution in [3.8, 4) is 11.8 Å². The van der Waals surface area contributed by atoms with Gasteiger partial charge in [0.15, 0.2) is 0 Å². The van der Waals surface area contributed by atoms with Gasteiger partial charge < -0.3 is 4.74 Å². The van der Waals surface area contributed by atoms with Crippen molar-refractivity contribution in [2.24, 2.45) is 0 Å². The lowest BCUT2D eigenvalue weighted by atomic mass is 10.0. The lowest BCUT2D eigenvalue weighted by molar-refractivity contribution is -0.144. The molecule has 0 aromatic heterocycles. The summed E-state index contributed by atoms with van der Waals surface area (Å²) in [5.74, 6) is 5.98. The van der Waals surface area contributed by atoms with Gasteiger partial charge in [-0.2, -0.15) is 0 Å². The van der Waals surface area contributed by atoms with Gasteiger partial charge in [0.25, 0.3) is 0 Å². The van der Waals surface area contributed by atoms with E-state index < -0.39 is 6.10 Å². The zero-order chi connectivity index (χ0) is 20.6. The number of benzene rings is 3. The fourth-order valence-corrected chi connectivity index (χ4v) is 2.93. The molecule has 0 aliphatic heterocycles. The summed E-state index contributed by atoms with van der Waals surface area (Å²) in [6.45, 7) is 1.39. The van der Waals surface area contributed by atoms with E-state index in [0.717, 1.165) is 22.3 Å². The molecule has 2 nitrogen and oxygen atoms in total. The Balaban J connectivity index is 2.05. The van der Waals surface area contributed by atoms with E-state index in [0.29, 0.717) is 10.0 Å². The van der Waals surface area contributed by atoms with Crippen molar-refractivity contribution in [1.82, 2.24) is 0 Å². The highest BCUT2D eigenvalue weighted by Gasteiger charge is 2.14. The summed E-state index contributed by atoms with van der Waals surface area (Å²) >= 11 is 11.9. The molecule has 3 aromatic rings. The van der Waals surface area contributed by atoms with Crippen LogP contribution in [0.3, 0.4) is 0 Å². The van der Waals surface area contributed by atoms with E-state index in [-0.39, 0.29) is 5.97 Å². The molecule has 0 radical (unpaired) electrons. The van der Waals surface area contributed by atoms with Crippen molar-refractivity contribution in [2.75, 3.05) is 0 Å². The second-order valence-corrected chi connectivity index (χ2v) is 7.16. The van der Waals surface area contributed by atoms with Crippen LogP contribution in [0, 0.1) is 11.8 Å². The molecular weight excluding hydrogens is 403 g/mol. The van der Waals surface area contributed by atoms with Crippen LogP contribution in [-0.4, -0.2) is 5.97 Å². The fourth-order valence-electron chi connectivity index (χ4n) is 2.68. The molecule has 0 N–H and O–H groups in total. The monoisotopic (exact) mass is 420 g/mol. The second-order valence-electron chi connectivity index (χ2n) is 6.28. The molecule has 144 valence electrons. The zero-order valence-corrected chi connectivity index (χ0v) is 17.2. The Morgan fingerprint density at radius 1 is 0.897 bits per heavy atom. The largest absolute Gasteiger partial charge is 0.453 e. The number of rotatable bonds is 4. The summed E-state index contributed by atoms with van der Waals surface area (Å²) in [6, 6.07) is 24.3. The van der Waals surface area contributed by atoms with Crippen LogP contribution >= 0.6 is 23.2 Å². The van der Waals surface area contributed by atoms with E-state index in [1.807, 2.05) is 60.7 Å². The van der Waals surface area contributed by atoms with Crippen molar-refractivity contribution < 1.29 is 9.53 Å². The molecule has 29 heavy (non-hydrogen) atoms. The molecule has 0 spiro atoms. The van der Waals surface area contributed by atoms with E-state index in [2.05, 4.69) is 11.8 Å². The first-order valence-corrected chi connectivity index (χ1v) is 9.74. The van der Waals surface area contributed by atoms with E-state index >= 15 is 0 Å². The molecule has 4 heteroatoms. The molecule has 0 aliphatic rings. The summed E-state index contributed by atoms with van der Waals surface area (Å²) < 4.78 is 5.55. The topological polar surface area (TPSA) is 26.3 Å². The van der Waals surface area contributed by atoms with Crippen LogP contribution in [0.2, 0.25) is 10.0 Å². The Kier molecular flexibility index (Phi) is 7.14. The lowest BCUT2D eigenvalue weighted by Gasteiger charge is -2.15. The Morgan fingerprint density at radius 2 is 1.48 bits per heavy atom. The second kappa shape index (κ2) is 9.98. The van der Waals surface area contributed by atoms with Crippen molar-refractivity contribution >= 4 is 34.7 Å². The molecule has 0 amide bonds. The highest BCUT2D eigenvalue weighted by Crippen LogP contribution is 2.26. The third-order valence-electron chi connectivity index (χ3n) is 4.08. The predicted octanol–water partition coefficient (Wildman–Crippen LogP) is 6.73. The van der Waals surface area contributed by atoms with Crippen LogP contribution in [-0.2, 0) is 9.53 Å². The maximum atomic E-state index is 11.7. The Hall–Kier alpha value is -2.99. The minimum Gasteiger partial charge on any atom is -0.453 e. The molecule has 0 bridgehead atoms. The van der Waals surface area contributed by atoms with Crippen LogP contribution in [0.5, 0.6) is 0 Å². The number of hydrogen-bond donors (Lipinski definition) is 0. The standard InChI is InChI=1S/C25H18Cl2O2/c1-18(28)29-25(21-11-15-24(27)16-12-21)17-22(20-5-3-2-4-6-20)10-7-19-8-13-23(26)14-9-19/h2-6,8-9,11-17,25H,1H3/b22-17+. The molecule has 0 fully saturated rings. The SMILES string of the molecule is CC(=O)OC(/C=C(\C#Cc1ccc(Cl)cc1)c1ccccc1)c1ccc(Cl)cc1. The maximum absolute atomic E-state index is 11.7. The molecule has 0 saturated carbocycles. The van der Waals surface area contributed by atoms with Gasteiger partial charge >= 0.3 is 5.97 Å². The number of esters is 1. The van der Waals surface area contributed by atoms with Crippen LogP contribution < -0.4 is 0 Å². The van der Waals surface area contributed by atoms with E-state index in [4.69, 9.17) is 27.9 Å². The number of carbonyl (C=O) groups excluding carboxylic acids is 1. The van der Waals surface area contributed by atoms with Crippen LogP contribution in [0.15, 0.2) is 84.9 Å². The minimum atomic E-state index is -0.584. The summed E-state index contributed by atoms with van der Waals surface area (Å²) in [4.78, 5) is 11.7. The van der Waals surface area contributed by atoms with Gasteiger partial charge in [0.1, 0.15) is 6.10 Å². The van der Waals surface area contributed by atoms with Gasteiger partial charge in [-0.05, 0) is 53.6 Å². The number of carbonyl (C=O) groups is 1. The molecule has 0 saturated heterocycles. The first kappa shape index (κ1) is 20.7. The average Bonchev–Trinajstić information content (AvgIpc) is 2.72. The molecule has 0 aliphatic carbocycles. The molecule has 0 heterocycles. The van der Waals surface area contributed by atoms with Gasteiger partial charge in [-0.15, -0.1) is 0 Å². The molecule has 3 aromatic carbocycles. The average molecular weight is 421 g/mol. The first-order valence-electron chi connectivity index (χ1n) is 8.99. The summed E-state index contributed by atoms with van der Waals surface area (Å²) in [7, 11) is 0. The van der Waals surface area contributed by atoms with E-state index in [1.54, 1.807) is 24.3 Å². The molecule has 3 rings (SSSR count). The van der Waals surface area contributed by atoms with Gasteiger partial charge in [-0.25, -0.2) is 0 Å². The first-order chi connectivity index (χ1) is 14.0. The molecular formula is C25H18Cl2O2. The number of halogens is 2. The predicted molar refractivity (Wildman–Crippen MR) is 119 cm³/mol. The zero-order valence-electron chi connectivity index (χ0n) is 15.7. The normalized spacial score (nSPS) is 11.9. The number of ether oxygens (including phenoxy) is 1. The van der Waals surface area contributed by atoms with Gasteiger partial charge in [0.2, 0.25) is 0 Å². The Morgan fingerprint density at radius 3 is 2.07 bits per heavy atom. The minimum absolute atomic E-state index is 0.376. The van der Waals surface area contributed by atoms with Gasteiger partial charge in [-0.3, -0.25) is 4.79 Å². The third-order valence-corrected chi connectivity index (χ3v) is 4.58. The third kappa shape index (κ3) is 6.26. The van der Waals surface area contributed by atoms with Gasteiger partial charge in [-0.1, -0.05) is 77.5 Å². The Labute approximate surface area is 180 Å². The summed E-state index contributed by atoms with van der Waals surface area (Å²) in [5.41, 5.74) is 3.33. The molecule has 1 unspecified atom stereocenters. The van der Waals surface area contributed by atoms with Crippen molar-refractivity contribution in [1.29, 1.82) is 0 Å². The van der Waals surface area contributed by atoms with E-state index in [9.17, 15) is 4.79 Å². The van der Waals surface area contributed by atoms with Crippen LogP contribution in [0.4, 0.5) is 0 Å². The van der Waals surface area contributed by atoms with Crippen molar-refractivity contribution in [3.63, 3.8) is 0 Å². The van der Waals surface area contributed by atoms with Crippen molar-refractivity contribution in [3.05, 3.63) is 112 Å². The van der Waals surface area contributed by atoms with Crippen LogP contribution in [0.1, 0.15) is 29.7 Å². The highest BCUT2D eigenvalue weighted by molar-refractivity contribution is 6.30. The van der Waals surface area contributed by atoms with E-state index in [1.165, 1.54) is 6.92 Å². The highest BCUT2D eigenvalue weighted by atomic mass is 35.5. The smallest absolute Gasteiger partial charge is 0.303 e. The number of allylic oxidation sites excluding steroid dienone is 1. The molecule has 1 atom stereocenters.